The van der Waals surface area contributed by atoms with Gasteiger partial charge in [0.2, 0.25) is 5.91 Å². The first-order valence-electron chi connectivity index (χ1n) is 11.7. The van der Waals surface area contributed by atoms with Gasteiger partial charge in [0, 0.05) is 44.7 Å². The third-order valence-corrected chi connectivity index (χ3v) is 6.29. The molecule has 0 atom stereocenters. The Bertz CT molecular complexity index is 1070. The van der Waals surface area contributed by atoms with Crippen LogP contribution in [0.4, 0.5) is 5.82 Å². The van der Waals surface area contributed by atoms with E-state index in [1.165, 1.54) is 0 Å². The molecule has 0 unspecified atom stereocenters. The summed E-state index contributed by atoms with van der Waals surface area (Å²) in [6, 6.07) is 8.38. The number of pyridine rings is 1. The number of ether oxygens (including phenoxy) is 1. The van der Waals surface area contributed by atoms with Crippen molar-refractivity contribution in [1.82, 2.24) is 24.8 Å². The van der Waals surface area contributed by atoms with Crippen LogP contribution in [0, 0.1) is 0 Å². The minimum absolute atomic E-state index is 0.155. The second-order valence-electron chi connectivity index (χ2n) is 8.43. The molecule has 4 rings (SSSR count). The van der Waals surface area contributed by atoms with E-state index in [1.807, 2.05) is 23.1 Å². The molecule has 32 heavy (non-hydrogen) atoms. The van der Waals surface area contributed by atoms with Crippen LogP contribution in [0.3, 0.4) is 0 Å². The largest absolute Gasteiger partial charge is 0.382 e. The molecule has 0 radical (unpaired) electrons. The number of rotatable bonds is 9. The quantitative estimate of drug-likeness (QED) is 0.498. The summed E-state index contributed by atoms with van der Waals surface area (Å²) in [5, 5.41) is 4.46. The molecule has 172 valence electrons. The van der Waals surface area contributed by atoms with Crippen molar-refractivity contribution < 1.29 is 9.53 Å². The highest BCUT2D eigenvalue weighted by atomic mass is 16.5. The number of unbranched alkanes of at least 4 members (excludes halogenated alkanes) is 1. The van der Waals surface area contributed by atoms with Gasteiger partial charge in [-0.3, -0.25) is 4.79 Å². The number of nitrogens with one attached hydrogen (secondary N) is 1. The average Bonchev–Trinajstić information content (AvgIpc) is 3.17. The summed E-state index contributed by atoms with van der Waals surface area (Å²) in [7, 11) is 0. The van der Waals surface area contributed by atoms with E-state index in [2.05, 4.69) is 27.9 Å². The molecule has 0 spiro atoms. The summed E-state index contributed by atoms with van der Waals surface area (Å²) in [6.07, 6.45) is 3.75. The topological polar surface area (TPSA) is 98.3 Å². The van der Waals surface area contributed by atoms with E-state index >= 15 is 0 Å². The Hall–Kier alpha value is -2.71. The van der Waals surface area contributed by atoms with Gasteiger partial charge in [0.15, 0.2) is 5.82 Å². The predicted octanol–water partition coefficient (Wildman–Crippen LogP) is 3.08. The van der Waals surface area contributed by atoms with Crippen LogP contribution < -0.4 is 11.1 Å². The van der Waals surface area contributed by atoms with Crippen molar-refractivity contribution in [1.29, 1.82) is 0 Å². The van der Waals surface area contributed by atoms with Crippen LogP contribution in [0.5, 0.6) is 0 Å². The number of nitrogen functional groups attached to an aromatic ring is 1. The van der Waals surface area contributed by atoms with Crippen LogP contribution in [0.2, 0.25) is 0 Å². The summed E-state index contributed by atoms with van der Waals surface area (Å²) in [6.45, 7) is 8.40. The van der Waals surface area contributed by atoms with Crippen molar-refractivity contribution in [3.63, 3.8) is 0 Å². The number of para-hydroxylation sites is 1. The minimum Gasteiger partial charge on any atom is -0.382 e. The van der Waals surface area contributed by atoms with Gasteiger partial charge in [0.25, 0.3) is 0 Å². The van der Waals surface area contributed by atoms with Gasteiger partial charge in [-0.15, -0.1) is 0 Å². The molecular weight excluding hydrogens is 404 g/mol. The molecule has 1 saturated heterocycles. The van der Waals surface area contributed by atoms with E-state index in [0.29, 0.717) is 18.4 Å². The number of hydrogen-bond acceptors (Lipinski definition) is 6. The van der Waals surface area contributed by atoms with E-state index in [0.717, 1.165) is 86.3 Å². The number of nitrogens with zero attached hydrogens (tertiary/aromatic N) is 4. The van der Waals surface area contributed by atoms with Gasteiger partial charge in [0.1, 0.15) is 11.3 Å². The molecular formula is C24H34N6O2. The maximum atomic E-state index is 12.2. The summed E-state index contributed by atoms with van der Waals surface area (Å²) in [5.41, 5.74) is 8.98. The van der Waals surface area contributed by atoms with Crippen molar-refractivity contribution in [3.8, 4) is 0 Å². The zero-order chi connectivity index (χ0) is 22.5. The van der Waals surface area contributed by atoms with Gasteiger partial charge < -0.3 is 25.3 Å². The number of amides is 1. The molecule has 1 aliphatic heterocycles. The number of benzene rings is 1. The Morgan fingerprint density at radius 1 is 1.25 bits per heavy atom. The summed E-state index contributed by atoms with van der Waals surface area (Å²) in [5.74, 6) is 1.60. The fourth-order valence-corrected chi connectivity index (χ4v) is 4.66. The lowest BCUT2D eigenvalue weighted by atomic mass is 10.1. The molecule has 0 saturated carbocycles. The Morgan fingerprint density at radius 2 is 2.03 bits per heavy atom. The van der Waals surface area contributed by atoms with Crippen LogP contribution in [0.25, 0.3) is 21.9 Å². The molecule has 1 fully saturated rings. The SMILES string of the molecule is CCNCc1nc2c(N)nc3ccccc3c2n1CCCCN(C(C)=O)C1CCOCC1. The number of aromatic nitrogens is 3. The number of hydrogen-bond donors (Lipinski definition) is 2. The summed E-state index contributed by atoms with van der Waals surface area (Å²) < 4.78 is 7.75. The van der Waals surface area contributed by atoms with Crippen LogP contribution in [-0.2, 0) is 22.6 Å². The van der Waals surface area contributed by atoms with Gasteiger partial charge in [-0.25, -0.2) is 9.97 Å². The van der Waals surface area contributed by atoms with E-state index in [9.17, 15) is 4.79 Å². The first-order chi connectivity index (χ1) is 15.6. The first kappa shape index (κ1) is 22.5. The molecule has 3 aromatic rings. The number of nitrogens with two attached hydrogens (primary N) is 1. The standard InChI is InChI=1S/C24H34N6O2/c1-3-26-16-21-28-22-23(19-8-4-5-9-20(19)27-24(22)25)30(21)13-7-6-12-29(17(2)31)18-10-14-32-15-11-18/h4-5,8-9,18,26H,3,6-7,10-16H2,1-2H3,(H2,25,27). The molecule has 1 aliphatic rings. The van der Waals surface area contributed by atoms with Crippen LogP contribution >= 0.6 is 0 Å². The maximum Gasteiger partial charge on any atom is 0.219 e. The molecule has 0 bridgehead atoms. The zero-order valence-electron chi connectivity index (χ0n) is 19.1. The number of imidazole rings is 1. The van der Waals surface area contributed by atoms with Crippen LogP contribution in [0.15, 0.2) is 24.3 Å². The molecule has 8 heteroatoms. The summed E-state index contributed by atoms with van der Waals surface area (Å²) >= 11 is 0. The van der Waals surface area contributed by atoms with Gasteiger partial charge >= 0.3 is 0 Å². The van der Waals surface area contributed by atoms with E-state index in [1.54, 1.807) is 6.92 Å². The highest BCUT2D eigenvalue weighted by Gasteiger charge is 2.23. The van der Waals surface area contributed by atoms with Crippen LogP contribution in [-0.4, -0.2) is 57.7 Å². The van der Waals surface area contributed by atoms with Gasteiger partial charge in [0.05, 0.1) is 17.6 Å². The maximum absolute atomic E-state index is 12.2. The zero-order valence-corrected chi connectivity index (χ0v) is 19.1. The fourth-order valence-electron chi connectivity index (χ4n) is 4.66. The van der Waals surface area contributed by atoms with Gasteiger partial charge in [-0.1, -0.05) is 25.1 Å². The lowest BCUT2D eigenvalue weighted by molar-refractivity contribution is -0.133. The van der Waals surface area contributed by atoms with Crippen LogP contribution in [0.1, 0.15) is 45.4 Å². The number of carbonyl (C=O) groups is 1. The van der Waals surface area contributed by atoms with Crippen molar-refractivity contribution >= 4 is 33.7 Å². The fraction of sp³-hybridized carbons (Fsp3) is 0.542. The minimum atomic E-state index is 0.155. The molecule has 1 amide bonds. The Balaban J connectivity index is 1.55. The number of aryl methyl sites for hydroxylation is 1. The molecule has 8 nitrogen and oxygen atoms in total. The predicted molar refractivity (Wildman–Crippen MR) is 127 cm³/mol. The van der Waals surface area contributed by atoms with E-state index in [-0.39, 0.29) is 5.91 Å². The first-order valence-corrected chi connectivity index (χ1v) is 11.7. The average molecular weight is 439 g/mol. The molecule has 0 aliphatic carbocycles. The highest BCUT2D eigenvalue weighted by Crippen LogP contribution is 2.29. The molecule has 1 aromatic carbocycles. The highest BCUT2D eigenvalue weighted by molar-refractivity contribution is 6.06. The van der Waals surface area contributed by atoms with Gasteiger partial charge in [-0.2, -0.15) is 0 Å². The summed E-state index contributed by atoms with van der Waals surface area (Å²) in [4.78, 5) is 23.7. The second kappa shape index (κ2) is 10.3. The normalized spacial score (nSPS) is 14.9. The number of anilines is 1. The Kier molecular flexibility index (Phi) is 7.22. The molecule has 2 aromatic heterocycles. The monoisotopic (exact) mass is 438 g/mol. The smallest absolute Gasteiger partial charge is 0.219 e. The van der Waals surface area contributed by atoms with E-state index < -0.39 is 0 Å². The molecule has 3 N–H and O–H groups in total. The van der Waals surface area contributed by atoms with Crippen molar-refractivity contribution in [3.05, 3.63) is 30.1 Å². The van der Waals surface area contributed by atoms with E-state index in [4.69, 9.17) is 15.5 Å². The van der Waals surface area contributed by atoms with Gasteiger partial charge in [-0.05, 0) is 38.3 Å². The second-order valence-corrected chi connectivity index (χ2v) is 8.43. The number of carbonyl (C=O) groups excluding carboxylic acids is 1. The van der Waals surface area contributed by atoms with Crippen molar-refractivity contribution in [2.75, 3.05) is 32.0 Å². The lowest BCUT2D eigenvalue weighted by Gasteiger charge is -2.33. The Morgan fingerprint density at radius 3 is 2.78 bits per heavy atom. The number of fused-ring (bicyclic) bond motifs is 3. The lowest BCUT2D eigenvalue weighted by Crippen LogP contribution is -2.42. The van der Waals surface area contributed by atoms with Crippen molar-refractivity contribution in [2.45, 2.75) is 58.7 Å². The van der Waals surface area contributed by atoms with Crippen molar-refractivity contribution in [2.24, 2.45) is 0 Å². The molecule has 3 heterocycles. The third kappa shape index (κ3) is 4.71. The third-order valence-electron chi connectivity index (χ3n) is 6.29. The Labute approximate surface area is 189 Å².